The first-order valence-electron chi connectivity index (χ1n) is 12.3. The van der Waals surface area contributed by atoms with Gasteiger partial charge in [-0.3, -0.25) is 9.13 Å². The van der Waals surface area contributed by atoms with Crippen LogP contribution < -0.4 is 5.69 Å². The molecule has 6 heteroatoms. The molecule has 1 aromatic carbocycles. The second-order valence-electron chi connectivity index (χ2n) is 10.3. The van der Waals surface area contributed by atoms with E-state index in [1.54, 1.807) is 4.57 Å². The van der Waals surface area contributed by atoms with E-state index in [2.05, 4.69) is 4.90 Å². The molecule has 2 aliphatic carbocycles. The molecule has 5 rings (SSSR count). The van der Waals surface area contributed by atoms with Gasteiger partial charge in [0, 0.05) is 25.7 Å². The first-order chi connectivity index (χ1) is 15.1. The van der Waals surface area contributed by atoms with Crippen molar-refractivity contribution in [3.63, 3.8) is 0 Å². The van der Waals surface area contributed by atoms with Crippen LogP contribution in [-0.2, 0) is 6.54 Å². The minimum atomic E-state index is -0.923. The molecule has 6 nitrogen and oxygen atoms in total. The molecular formula is C25H37N3O3. The quantitative estimate of drug-likeness (QED) is 0.743. The third-order valence-corrected chi connectivity index (χ3v) is 8.57. The highest BCUT2D eigenvalue weighted by Crippen LogP contribution is 2.55. The second-order valence-corrected chi connectivity index (χ2v) is 10.3. The molecule has 0 unspecified atom stereocenters. The molecule has 1 saturated heterocycles. The number of aliphatic hydroxyl groups is 2. The Morgan fingerprint density at radius 2 is 1.71 bits per heavy atom. The number of para-hydroxylation sites is 2. The number of aromatic nitrogens is 2. The van der Waals surface area contributed by atoms with Crippen molar-refractivity contribution in [2.45, 2.75) is 76.5 Å². The third kappa shape index (κ3) is 3.87. The molecule has 170 valence electrons. The van der Waals surface area contributed by atoms with E-state index in [0.717, 1.165) is 42.9 Å². The van der Waals surface area contributed by atoms with Crippen LogP contribution in [0.1, 0.15) is 63.8 Å². The number of imidazole rings is 1. The number of nitrogens with zero attached hydrogens (tertiary/aromatic N) is 3. The number of fused-ring (bicyclic) bond motifs is 1. The normalized spacial score (nSPS) is 25.7. The van der Waals surface area contributed by atoms with Crippen LogP contribution in [-0.4, -0.2) is 56.6 Å². The van der Waals surface area contributed by atoms with Gasteiger partial charge in [-0.1, -0.05) is 31.4 Å². The molecule has 2 N–H and O–H groups in total. The Hall–Kier alpha value is -1.63. The predicted molar refractivity (Wildman–Crippen MR) is 122 cm³/mol. The van der Waals surface area contributed by atoms with Gasteiger partial charge in [-0.25, -0.2) is 4.79 Å². The third-order valence-electron chi connectivity index (χ3n) is 8.57. The van der Waals surface area contributed by atoms with Gasteiger partial charge in [-0.2, -0.15) is 0 Å². The molecule has 2 heterocycles. The fraction of sp³-hybridized carbons (Fsp3) is 0.720. The van der Waals surface area contributed by atoms with Gasteiger partial charge in [0.15, 0.2) is 0 Å². The van der Waals surface area contributed by atoms with Gasteiger partial charge >= 0.3 is 5.69 Å². The lowest BCUT2D eigenvalue weighted by Gasteiger charge is -2.52. The second kappa shape index (κ2) is 8.72. The Morgan fingerprint density at radius 1 is 1.00 bits per heavy atom. The summed E-state index contributed by atoms with van der Waals surface area (Å²) in [6.07, 6.45) is 11.1. The molecule has 0 amide bonds. The zero-order valence-electron chi connectivity index (χ0n) is 18.6. The van der Waals surface area contributed by atoms with Crippen LogP contribution in [0.15, 0.2) is 29.1 Å². The fourth-order valence-electron chi connectivity index (χ4n) is 6.65. The van der Waals surface area contributed by atoms with Crippen molar-refractivity contribution in [1.29, 1.82) is 0 Å². The molecule has 2 aromatic rings. The summed E-state index contributed by atoms with van der Waals surface area (Å²) in [5.41, 5.74) is 2.38. The lowest BCUT2D eigenvalue weighted by molar-refractivity contribution is -0.0163. The van der Waals surface area contributed by atoms with Crippen molar-refractivity contribution >= 4 is 11.0 Å². The average molecular weight is 428 g/mol. The van der Waals surface area contributed by atoms with Crippen LogP contribution in [0.3, 0.4) is 0 Å². The van der Waals surface area contributed by atoms with Crippen molar-refractivity contribution in [1.82, 2.24) is 14.0 Å². The Kier molecular flexibility index (Phi) is 5.97. The highest BCUT2D eigenvalue weighted by atomic mass is 16.3. The number of likely N-dealkylation sites (tertiary alicyclic amines) is 1. The summed E-state index contributed by atoms with van der Waals surface area (Å²) in [4.78, 5) is 15.9. The molecule has 2 atom stereocenters. The lowest BCUT2D eigenvalue weighted by atomic mass is 9.55. The topological polar surface area (TPSA) is 70.6 Å². The van der Waals surface area contributed by atoms with Crippen LogP contribution in [0.4, 0.5) is 0 Å². The van der Waals surface area contributed by atoms with Gasteiger partial charge in [0.1, 0.15) is 0 Å². The summed E-state index contributed by atoms with van der Waals surface area (Å²) < 4.78 is 3.58. The molecule has 1 spiro atoms. The highest BCUT2D eigenvalue weighted by molar-refractivity contribution is 5.76. The standard InChI is InChI=1S/C25H37N3O3/c29-18-21(30)17-27-22-7-1-2-8-23(22)28(24(27)31)20-9-14-26(15-10-20)16-19-6-3-4-11-25(19)12-5-13-25/h1-2,7-8,19-21,29-30H,3-6,9-18H2/t19-,21-/m0/s1. The van der Waals surface area contributed by atoms with E-state index in [9.17, 15) is 15.0 Å². The largest absolute Gasteiger partial charge is 0.394 e. The molecule has 1 aromatic heterocycles. The van der Waals surface area contributed by atoms with Gasteiger partial charge in [0.2, 0.25) is 0 Å². The smallest absolute Gasteiger partial charge is 0.329 e. The monoisotopic (exact) mass is 427 g/mol. The van der Waals surface area contributed by atoms with E-state index >= 15 is 0 Å². The van der Waals surface area contributed by atoms with Crippen LogP contribution in [0, 0.1) is 11.3 Å². The molecule has 2 saturated carbocycles. The first kappa shape index (κ1) is 21.2. The van der Waals surface area contributed by atoms with E-state index < -0.39 is 6.10 Å². The van der Waals surface area contributed by atoms with Crippen LogP contribution in [0.25, 0.3) is 11.0 Å². The fourth-order valence-corrected chi connectivity index (χ4v) is 6.65. The van der Waals surface area contributed by atoms with Crippen molar-refractivity contribution in [2.24, 2.45) is 11.3 Å². The Bertz CT molecular complexity index is 953. The highest BCUT2D eigenvalue weighted by Gasteiger charge is 2.45. The first-order valence-corrected chi connectivity index (χ1v) is 12.3. The molecule has 0 radical (unpaired) electrons. The summed E-state index contributed by atoms with van der Waals surface area (Å²) in [6.45, 7) is 3.15. The van der Waals surface area contributed by atoms with Crippen molar-refractivity contribution in [3.05, 3.63) is 34.7 Å². The molecule has 1 aliphatic heterocycles. The SMILES string of the molecule is O=c1n(C[C@H](O)CO)c2ccccc2n1C1CCN(C[C@@H]2CCCCC23CCC3)CC1. The summed E-state index contributed by atoms with van der Waals surface area (Å²) in [6, 6.07) is 8.05. The van der Waals surface area contributed by atoms with Gasteiger partial charge in [0.25, 0.3) is 0 Å². The number of hydrogen-bond acceptors (Lipinski definition) is 4. The zero-order valence-corrected chi connectivity index (χ0v) is 18.6. The summed E-state index contributed by atoms with van der Waals surface area (Å²) in [5.74, 6) is 0.871. The number of piperidine rings is 1. The van der Waals surface area contributed by atoms with Crippen LogP contribution in [0.2, 0.25) is 0 Å². The molecule has 3 fully saturated rings. The Morgan fingerprint density at radius 3 is 2.39 bits per heavy atom. The van der Waals surface area contributed by atoms with Crippen molar-refractivity contribution in [2.75, 3.05) is 26.2 Å². The summed E-state index contributed by atoms with van der Waals surface area (Å²) >= 11 is 0. The molecule has 0 bridgehead atoms. The van der Waals surface area contributed by atoms with Crippen molar-refractivity contribution < 1.29 is 10.2 Å². The van der Waals surface area contributed by atoms with Gasteiger partial charge < -0.3 is 15.1 Å². The Balaban J connectivity index is 1.30. The minimum Gasteiger partial charge on any atom is -0.394 e. The van der Waals surface area contributed by atoms with Gasteiger partial charge in [0.05, 0.1) is 30.3 Å². The molecular weight excluding hydrogens is 390 g/mol. The summed E-state index contributed by atoms with van der Waals surface area (Å²) in [5, 5.41) is 19.2. The average Bonchev–Trinajstić information content (AvgIpc) is 3.05. The van der Waals surface area contributed by atoms with Gasteiger partial charge in [-0.05, 0) is 62.0 Å². The maximum absolute atomic E-state index is 13.3. The van der Waals surface area contributed by atoms with Crippen molar-refractivity contribution in [3.8, 4) is 0 Å². The summed E-state index contributed by atoms with van der Waals surface area (Å²) in [7, 11) is 0. The number of hydrogen-bond donors (Lipinski definition) is 2. The number of aliphatic hydroxyl groups excluding tert-OH is 2. The van der Waals surface area contributed by atoms with Crippen LogP contribution in [0.5, 0.6) is 0 Å². The van der Waals surface area contributed by atoms with E-state index in [1.165, 1.54) is 51.5 Å². The van der Waals surface area contributed by atoms with Gasteiger partial charge in [-0.15, -0.1) is 0 Å². The Labute approximate surface area is 184 Å². The number of rotatable bonds is 6. The van der Waals surface area contributed by atoms with E-state index in [4.69, 9.17) is 0 Å². The molecule has 31 heavy (non-hydrogen) atoms. The lowest BCUT2D eigenvalue weighted by Crippen LogP contribution is -2.47. The van der Waals surface area contributed by atoms with Crippen LogP contribution >= 0.6 is 0 Å². The zero-order chi connectivity index (χ0) is 21.4. The van der Waals surface area contributed by atoms with E-state index in [-0.39, 0.29) is 24.9 Å². The van der Waals surface area contributed by atoms with E-state index in [0.29, 0.717) is 5.41 Å². The number of benzene rings is 1. The maximum Gasteiger partial charge on any atom is 0.329 e. The molecule has 3 aliphatic rings. The minimum absolute atomic E-state index is 0.0622. The predicted octanol–water partition coefficient (Wildman–Crippen LogP) is 3.15. The van der Waals surface area contributed by atoms with E-state index in [1.807, 2.05) is 28.8 Å². The maximum atomic E-state index is 13.3.